The number of hydrogen-bond acceptors (Lipinski definition) is 4. The van der Waals surface area contributed by atoms with Gasteiger partial charge in [-0.2, -0.15) is 0 Å². The van der Waals surface area contributed by atoms with Crippen molar-refractivity contribution in [2.75, 3.05) is 30.7 Å². The fraction of sp³-hybridized carbons (Fsp3) is 0.562. The fourth-order valence-corrected chi connectivity index (χ4v) is 2.59. The van der Waals surface area contributed by atoms with Gasteiger partial charge in [0.2, 0.25) is 5.91 Å². The van der Waals surface area contributed by atoms with Crippen molar-refractivity contribution in [3.05, 3.63) is 23.8 Å². The zero-order chi connectivity index (χ0) is 15.2. The highest BCUT2D eigenvalue weighted by Crippen LogP contribution is 2.18. The summed E-state index contributed by atoms with van der Waals surface area (Å²) in [7, 11) is 0. The first-order chi connectivity index (χ1) is 10.0. The van der Waals surface area contributed by atoms with Crippen molar-refractivity contribution in [2.24, 2.45) is 0 Å². The number of nitrogens with one attached hydrogen (secondary N) is 1. The van der Waals surface area contributed by atoms with Gasteiger partial charge in [-0.05, 0) is 50.4 Å². The molecular formula is C16H25N3O2. The molecule has 0 unspecified atom stereocenters. The molecule has 0 radical (unpaired) electrons. The Balaban J connectivity index is 1.71. The van der Waals surface area contributed by atoms with E-state index in [1.165, 1.54) is 0 Å². The van der Waals surface area contributed by atoms with Crippen molar-refractivity contribution in [1.82, 2.24) is 4.90 Å². The van der Waals surface area contributed by atoms with Gasteiger partial charge in [-0.15, -0.1) is 0 Å². The number of carbonyl (C=O) groups is 1. The average Bonchev–Trinajstić information content (AvgIpc) is 2.45. The van der Waals surface area contributed by atoms with E-state index < -0.39 is 0 Å². The highest BCUT2D eigenvalue weighted by molar-refractivity contribution is 5.91. The zero-order valence-corrected chi connectivity index (χ0v) is 12.6. The molecule has 1 saturated heterocycles. The highest BCUT2D eigenvalue weighted by atomic mass is 16.3. The van der Waals surface area contributed by atoms with E-state index in [9.17, 15) is 9.90 Å². The van der Waals surface area contributed by atoms with E-state index in [1.54, 1.807) is 6.07 Å². The molecule has 1 aromatic carbocycles. The Bertz CT molecular complexity index is 482. The standard InChI is InChI=1S/C16H25N3O2/c1-12-4-5-13(17)11-15(12)18-16(21)3-2-8-19-9-6-14(20)7-10-19/h4-5,11,14,20H,2-3,6-10,17H2,1H3,(H,18,21). The van der Waals surface area contributed by atoms with E-state index in [-0.39, 0.29) is 12.0 Å². The smallest absolute Gasteiger partial charge is 0.224 e. The molecule has 4 N–H and O–H groups in total. The van der Waals surface area contributed by atoms with E-state index in [4.69, 9.17) is 5.73 Å². The second-order valence-corrected chi connectivity index (χ2v) is 5.80. The molecule has 116 valence electrons. The van der Waals surface area contributed by atoms with Crippen LogP contribution in [0, 0.1) is 6.92 Å². The van der Waals surface area contributed by atoms with Crippen molar-refractivity contribution < 1.29 is 9.90 Å². The Morgan fingerprint density at radius 2 is 2.14 bits per heavy atom. The van der Waals surface area contributed by atoms with Crippen LogP contribution in [0.3, 0.4) is 0 Å². The first kappa shape index (κ1) is 15.8. The van der Waals surface area contributed by atoms with Gasteiger partial charge in [0.15, 0.2) is 0 Å². The molecule has 1 heterocycles. The third-order valence-electron chi connectivity index (χ3n) is 3.97. The van der Waals surface area contributed by atoms with Gasteiger partial charge in [-0.1, -0.05) is 6.07 Å². The molecule has 0 saturated carbocycles. The summed E-state index contributed by atoms with van der Waals surface area (Å²) in [6.07, 6.45) is 2.89. The monoisotopic (exact) mass is 291 g/mol. The van der Waals surface area contributed by atoms with Gasteiger partial charge in [0.05, 0.1) is 6.10 Å². The number of amides is 1. The predicted molar refractivity (Wildman–Crippen MR) is 85.1 cm³/mol. The SMILES string of the molecule is Cc1ccc(N)cc1NC(=O)CCCN1CCC(O)CC1. The van der Waals surface area contributed by atoms with Crippen LogP contribution in [0.2, 0.25) is 0 Å². The largest absolute Gasteiger partial charge is 0.399 e. The molecule has 0 aromatic heterocycles. The number of nitrogen functional groups attached to an aromatic ring is 1. The van der Waals surface area contributed by atoms with Crippen LogP contribution in [0.4, 0.5) is 11.4 Å². The Hall–Kier alpha value is -1.59. The van der Waals surface area contributed by atoms with Gasteiger partial charge in [0.25, 0.3) is 0 Å². The number of likely N-dealkylation sites (tertiary alicyclic amines) is 1. The van der Waals surface area contributed by atoms with Crippen LogP contribution >= 0.6 is 0 Å². The first-order valence-electron chi connectivity index (χ1n) is 7.61. The summed E-state index contributed by atoms with van der Waals surface area (Å²) in [5.74, 6) is 0.0285. The van der Waals surface area contributed by atoms with E-state index in [0.29, 0.717) is 12.1 Å². The third kappa shape index (κ3) is 5.02. The molecule has 1 aromatic rings. The molecule has 0 bridgehead atoms. The molecule has 1 aliphatic heterocycles. The van der Waals surface area contributed by atoms with Crippen molar-refractivity contribution in [1.29, 1.82) is 0 Å². The summed E-state index contributed by atoms with van der Waals surface area (Å²) in [5.41, 5.74) is 8.20. The fourth-order valence-electron chi connectivity index (χ4n) is 2.59. The normalized spacial score (nSPS) is 16.9. The van der Waals surface area contributed by atoms with Crippen molar-refractivity contribution in [2.45, 2.75) is 38.7 Å². The minimum atomic E-state index is -0.143. The maximum atomic E-state index is 12.0. The Kier molecular flexibility index (Phi) is 5.59. The van der Waals surface area contributed by atoms with Crippen LogP contribution in [0.1, 0.15) is 31.2 Å². The van der Waals surface area contributed by atoms with E-state index in [2.05, 4.69) is 10.2 Å². The highest BCUT2D eigenvalue weighted by Gasteiger charge is 2.16. The molecule has 0 atom stereocenters. The van der Waals surface area contributed by atoms with Gasteiger partial charge in [-0.25, -0.2) is 0 Å². The third-order valence-corrected chi connectivity index (χ3v) is 3.97. The van der Waals surface area contributed by atoms with Crippen molar-refractivity contribution >= 4 is 17.3 Å². The molecule has 1 fully saturated rings. The summed E-state index contributed by atoms with van der Waals surface area (Å²) in [6.45, 7) is 4.72. The van der Waals surface area contributed by atoms with Crippen LogP contribution in [-0.4, -0.2) is 41.7 Å². The number of rotatable bonds is 5. The summed E-state index contributed by atoms with van der Waals surface area (Å²) in [6, 6.07) is 5.53. The minimum Gasteiger partial charge on any atom is -0.399 e. The van der Waals surface area contributed by atoms with Crippen molar-refractivity contribution in [3.8, 4) is 0 Å². The van der Waals surface area contributed by atoms with Crippen LogP contribution in [0.15, 0.2) is 18.2 Å². The summed E-state index contributed by atoms with van der Waals surface area (Å²) >= 11 is 0. The molecule has 1 amide bonds. The van der Waals surface area contributed by atoms with Gasteiger partial charge >= 0.3 is 0 Å². The quantitative estimate of drug-likeness (QED) is 0.722. The number of aryl methyl sites for hydroxylation is 1. The number of carbonyl (C=O) groups excluding carboxylic acids is 1. The Morgan fingerprint density at radius 3 is 2.86 bits per heavy atom. The number of aliphatic hydroxyl groups excluding tert-OH is 1. The van der Waals surface area contributed by atoms with Crippen LogP contribution in [0.25, 0.3) is 0 Å². The average molecular weight is 291 g/mol. The number of nitrogens with zero attached hydrogens (tertiary/aromatic N) is 1. The maximum absolute atomic E-state index is 12.0. The van der Waals surface area contributed by atoms with E-state index >= 15 is 0 Å². The minimum absolute atomic E-state index is 0.0285. The van der Waals surface area contributed by atoms with Crippen molar-refractivity contribution in [3.63, 3.8) is 0 Å². The zero-order valence-electron chi connectivity index (χ0n) is 12.6. The predicted octanol–water partition coefficient (Wildman–Crippen LogP) is 1.75. The summed E-state index contributed by atoms with van der Waals surface area (Å²) in [5, 5.41) is 12.4. The second kappa shape index (κ2) is 7.43. The number of nitrogens with two attached hydrogens (primary N) is 1. The first-order valence-corrected chi connectivity index (χ1v) is 7.61. The number of benzene rings is 1. The van der Waals surface area contributed by atoms with Gasteiger partial charge in [-0.3, -0.25) is 4.79 Å². The number of hydrogen-bond donors (Lipinski definition) is 3. The molecule has 0 spiro atoms. The molecular weight excluding hydrogens is 266 g/mol. The topological polar surface area (TPSA) is 78.6 Å². The van der Waals surface area contributed by atoms with E-state index in [0.717, 1.165) is 50.1 Å². The van der Waals surface area contributed by atoms with Crippen LogP contribution < -0.4 is 11.1 Å². The van der Waals surface area contributed by atoms with E-state index in [1.807, 2.05) is 19.1 Å². The lowest BCUT2D eigenvalue weighted by Gasteiger charge is -2.29. The lowest BCUT2D eigenvalue weighted by molar-refractivity contribution is -0.116. The van der Waals surface area contributed by atoms with Gasteiger partial charge < -0.3 is 21.1 Å². The van der Waals surface area contributed by atoms with Gasteiger partial charge in [0, 0.05) is 30.9 Å². The van der Waals surface area contributed by atoms with Gasteiger partial charge in [0.1, 0.15) is 0 Å². The Labute approximate surface area is 126 Å². The number of aliphatic hydroxyl groups is 1. The summed E-state index contributed by atoms with van der Waals surface area (Å²) in [4.78, 5) is 14.3. The molecule has 5 heteroatoms. The van der Waals surface area contributed by atoms with Crippen LogP contribution in [-0.2, 0) is 4.79 Å². The van der Waals surface area contributed by atoms with Crippen LogP contribution in [0.5, 0.6) is 0 Å². The number of piperidine rings is 1. The maximum Gasteiger partial charge on any atom is 0.224 e. The Morgan fingerprint density at radius 1 is 1.43 bits per heavy atom. The molecule has 5 nitrogen and oxygen atoms in total. The number of anilines is 2. The molecule has 2 rings (SSSR count). The molecule has 1 aliphatic rings. The lowest BCUT2D eigenvalue weighted by Crippen LogP contribution is -2.36. The molecule has 21 heavy (non-hydrogen) atoms. The lowest BCUT2D eigenvalue weighted by atomic mass is 10.1. The summed E-state index contributed by atoms with van der Waals surface area (Å²) < 4.78 is 0. The molecule has 0 aliphatic carbocycles. The second-order valence-electron chi connectivity index (χ2n) is 5.80.